The molecule has 3 atom stereocenters. The largest absolute Gasteiger partial charge is 0.488 e. The number of halogens is 1. The van der Waals surface area contributed by atoms with Gasteiger partial charge in [0, 0.05) is 5.41 Å². The van der Waals surface area contributed by atoms with Crippen molar-refractivity contribution in [3.8, 4) is 11.8 Å². The van der Waals surface area contributed by atoms with Gasteiger partial charge in [-0.05, 0) is 42.7 Å². The van der Waals surface area contributed by atoms with Crippen molar-refractivity contribution < 1.29 is 4.74 Å². The number of hydrogen-bond acceptors (Lipinski definition) is 2. The van der Waals surface area contributed by atoms with Crippen LogP contribution in [0.4, 0.5) is 0 Å². The van der Waals surface area contributed by atoms with Gasteiger partial charge in [0.05, 0.1) is 5.02 Å². The fourth-order valence-corrected chi connectivity index (χ4v) is 4.38. The Morgan fingerprint density at radius 2 is 2.10 bits per heavy atom. The zero-order chi connectivity index (χ0) is 14.5. The van der Waals surface area contributed by atoms with Crippen LogP contribution in [0.1, 0.15) is 45.6 Å². The molecule has 0 aliphatic heterocycles. The zero-order valence-electron chi connectivity index (χ0n) is 12.2. The Bertz CT molecular complexity index is 589. The summed E-state index contributed by atoms with van der Waals surface area (Å²) in [5.74, 6) is 1.36. The van der Waals surface area contributed by atoms with E-state index in [2.05, 4.69) is 26.8 Å². The van der Waals surface area contributed by atoms with Gasteiger partial charge in [0.25, 0.3) is 0 Å². The number of ether oxygens (including phenoxy) is 1. The number of hydrogen-bond donors (Lipinski definition) is 0. The second-order valence-corrected chi connectivity index (χ2v) is 7.35. The minimum absolute atomic E-state index is 0.182. The molecule has 20 heavy (non-hydrogen) atoms. The molecule has 2 saturated carbocycles. The molecule has 1 aromatic rings. The lowest BCUT2D eigenvalue weighted by atomic mass is 9.70. The second kappa shape index (κ2) is 4.40. The zero-order valence-corrected chi connectivity index (χ0v) is 13.0. The minimum Gasteiger partial charge on any atom is -0.488 e. The van der Waals surface area contributed by atoms with E-state index in [0.717, 1.165) is 12.3 Å². The van der Waals surface area contributed by atoms with E-state index < -0.39 is 0 Å². The molecule has 3 rings (SSSR count). The maximum absolute atomic E-state index is 9.26. The SMILES string of the molecule is CC1(C)C2CCC1(C)C(Oc1cccc(Cl)c1C#N)C2. The molecule has 0 radical (unpaired) electrons. The summed E-state index contributed by atoms with van der Waals surface area (Å²) in [5, 5.41) is 9.73. The van der Waals surface area contributed by atoms with Crippen molar-refractivity contribution in [1.29, 1.82) is 5.26 Å². The molecular formula is C17H20ClNO. The van der Waals surface area contributed by atoms with Crippen LogP contribution in [-0.2, 0) is 0 Å². The van der Waals surface area contributed by atoms with Gasteiger partial charge in [-0.15, -0.1) is 0 Å². The van der Waals surface area contributed by atoms with Crippen LogP contribution in [0.2, 0.25) is 5.02 Å². The summed E-state index contributed by atoms with van der Waals surface area (Å²) < 4.78 is 6.24. The standard InChI is InChI=1S/C17H20ClNO/c1-16(2)11-7-8-17(16,3)15(9-11)20-14-6-4-5-13(18)12(14)10-19/h4-6,11,15H,7-9H2,1-3H3. The predicted molar refractivity (Wildman–Crippen MR) is 79.8 cm³/mol. The Kier molecular flexibility index (Phi) is 3.03. The summed E-state index contributed by atoms with van der Waals surface area (Å²) in [7, 11) is 0. The summed E-state index contributed by atoms with van der Waals surface area (Å²) in [6, 6.07) is 7.59. The number of fused-ring (bicyclic) bond motifs is 2. The third-order valence-corrected chi connectivity index (χ3v) is 6.39. The monoisotopic (exact) mass is 289 g/mol. The van der Waals surface area contributed by atoms with Crippen molar-refractivity contribution in [1.82, 2.24) is 0 Å². The molecule has 2 bridgehead atoms. The van der Waals surface area contributed by atoms with Crippen molar-refractivity contribution in [2.75, 3.05) is 0 Å². The van der Waals surface area contributed by atoms with E-state index in [1.807, 2.05) is 12.1 Å². The molecule has 3 unspecified atom stereocenters. The molecule has 2 aliphatic rings. The first kappa shape index (κ1) is 13.8. The van der Waals surface area contributed by atoms with E-state index >= 15 is 0 Å². The first-order valence-corrected chi connectivity index (χ1v) is 7.63. The van der Waals surface area contributed by atoms with Gasteiger partial charge in [-0.25, -0.2) is 0 Å². The van der Waals surface area contributed by atoms with E-state index in [4.69, 9.17) is 16.3 Å². The summed E-state index contributed by atoms with van der Waals surface area (Å²) >= 11 is 6.08. The number of benzene rings is 1. The van der Waals surface area contributed by atoms with Gasteiger partial charge in [-0.3, -0.25) is 0 Å². The van der Waals surface area contributed by atoms with Gasteiger partial charge < -0.3 is 4.74 Å². The van der Waals surface area contributed by atoms with Crippen LogP contribution >= 0.6 is 11.6 Å². The number of nitriles is 1. The molecular weight excluding hydrogens is 270 g/mol. The van der Waals surface area contributed by atoms with Crippen molar-refractivity contribution in [2.45, 2.75) is 46.1 Å². The topological polar surface area (TPSA) is 33.0 Å². The average Bonchev–Trinajstić information content (AvgIpc) is 2.72. The molecule has 0 N–H and O–H groups in total. The lowest BCUT2D eigenvalue weighted by molar-refractivity contribution is 0.0300. The number of rotatable bonds is 2. The van der Waals surface area contributed by atoms with Crippen LogP contribution in [0.5, 0.6) is 5.75 Å². The van der Waals surface area contributed by atoms with Crippen molar-refractivity contribution in [3.05, 3.63) is 28.8 Å². The average molecular weight is 290 g/mol. The van der Waals surface area contributed by atoms with Crippen LogP contribution in [0.25, 0.3) is 0 Å². The third-order valence-electron chi connectivity index (χ3n) is 6.07. The molecule has 1 aromatic carbocycles. The first-order valence-electron chi connectivity index (χ1n) is 7.25. The number of nitrogens with zero attached hydrogens (tertiary/aromatic N) is 1. The molecule has 0 amide bonds. The fourth-order valence-electron chi connectivity index (χ4n) is 4.17. The highest BCUT2D eigenvalue weighted by Gasteiger charge is 2.62. The van der Waals surface area contributed by atoms with E-state index in [1.165, 1.54) is 12.8 Å². The maximum Gasteiger partial charge on any atom is 0.139 e. The minimum atomic E-state index is 0.182. The highest BCUT2D eigenvalue weighted by Crippen LogP contribution is 2.66. The molecule has 0 spiro atoms. The Morgan fingerprint density at radius 1 is 1.35 bits per heavy atom. The van der Waals surface area contributed by atoms with Crippen LogP contribution in [0.15, 0.2) is 18.2 Å². The fraction of sp³-hybridized carbons (Fsp3) is 0.588. The Balaban J connectivity index is 1.92. The Labute approximate surface area is 125 Å². The molecule has 0 saturated heterocycles. The Hall–Kier alpha value is -1.20. The van der Waals surface area contributed by atoms with Gasteiger partial charge in [0.1, 0.15) is 23.5 Å². The molecule has 0 aromatic heterocycles. The Morgan fingerprint density at radius 3 is 2.65 bits per heavy atom. The van der Waals surface area contributed by atoms with E-state index in [9.17, 15) is 5.26 Å². The smallest absolute Gasteiger partial charge is 0.139 e. The van der Waals surface area contributed by atoms with Gasteiger partial charge in [0.2, 0.25) is 0 Å². The van der Waals surface area contributed by atoms with Crippen LogP contribution in [-0.4, -0.2) is 6.10 Å². The molecule has 106 valence electrons. The van der Waals surface area contributed by atoms with E-state index in [0.29, 0.717) is 21.8 Å². The van der Waals surface area contributed by atoms with E-state index in [1.54, 1.807) is 6.07 Å². The lowest BCUT2D eigenvalue weighted by Crippen LogP contribution is -2.39. The van der Waals surface area contributed by atoms with Crippen molar-refractivity contribution >= 4 is 11.6 Å². The van der Waals surface area contributed by atoms with Crippen LogP contribution in [0, 0.1) is 28.1 Å². The van der Waals surface area contributed by atoms with E-state index in [-0.39, 0.29) is 11.5 Å². The molecule has 0 heterocycles. The van der Waals surface area contributed by atoms with Gasteiger partial charge in [0.15, 0.2) is 0 Å². The maximum atomic E-state index is 9.26. The molecule has 2 nitrogen and oxygen atoms in total. The van der Waals surface area contributed by atoms with Gasteiger partial charge in [-0.1, -0.05) is 38.4 Å². The summed E-state index contributed by atoms with van der Waals surface area (Å²) in [6.45, 7) is 7.05. The third kappa shape index (κ3) is 1.69. The van der Waals surface area contributed by atoms with Gasteiger partial charge in [-0.2, -0.15) is 5.26 Å². The summed E-state index contributed by atoms with van der Waals surface area (Å²) in [4.78, 5) is 0. The summed E-state index contributed by atoms with van der Waals surface area (Å²) in [5.41, 5.74) is 0.953. The van der Waals surface area contributed by atoms with Crippen LogP contribution in [0.3, 0.4) is 0 Å². The normalized spacial score (nSPS) is 34.0. The molecule has 2 fully saturated rings. The summed E-state index contributed by atoms with van der Waals surface area (Å²) in [6.07, 6.45) is 3.77. The quantitative estimate of drug-likeness (QED) is 0.783. The first-order chi connectivity index (χ1) is 9.40. The lowest BCUT2D eigenvalue weighted by Gasteiger charge is -2.39. The highest BCUT2D eigenvalue weighted by atomic mass is 35.5. The second-order valence-electron chi connectivity index (χ2n) is 6.94. The molecule has 3 heteroatoms. The van der Waals surface area contributed by atoms with Crippen LogP contribution < -0.4 is 4.74 Å². The highest BCUT2D eigenvalue weighted by molar-refractivity contribution is 6.31. The van der Waals surface area contributed by atoms with Crippen molar-refractivity contribution in [3.63, 3.8) is 0 Å². The molecule has 2 aliphatic carbocycles. The predicted octanol–water partition coefficient (Wildman–Crippen LogP) is 4.81. The van der Waals surface area contributed by atoms with Gasteiger partial charge >= 0.3 is 0 Å². The van der Waals surface area contributed by atoms with Crippen molar-refractivity contribution in [2.24, 2.45) is 16.7 Å².